The molecule has 1 saturated heterocycles. The molecule has 0 bridgehead atoms. The fraction of sp³-hybridized carbons (Fsp3) is 0.579. The van der Waals surface area contributed by atoms with Crippen molar-refractivity contribution in [3.63, 3.8) is 0 Å². The highest BCUT2D eigenvalue weighted by Gasteiger charge is 2.25. The van der Waals surface area contributed by atoms with Crippen LogP contribution in [0.15, 0.2) is 24.3 Å². The molecule has 0 aliphatic carbocycles. The first-order valence-electron chi connectivity index (χ1n) is 8.63. The predicted molar refractivity (Wildman–Crippen MR) is 95.4 cm³/mol. The smallest absolute Gasteiger partial charge is 0.303 e. The SMILES string of the molecule is CC(C)(C)c1ccccc1N1CCN(C(=O)CCCC(=O)O)CC1. The number of carbonyl (C=O) groups is 2. The summed E-state index contributed by atoms with van der Waals surface area (Å²) < 4.78 is 0. The molecule has 1 N–H and O–H groups in total. The largest absolute Gasteiger partial charge is 0.481 e. The van der Waals surface area contributed by atoms with E-state index in [0.29, 0.717) is 25.9 Å². The zero-order valence-electron chi connectivity index (χ0n) is 14.9. The maximum Gasteiger partial charge on any atom is 0.303 e. The first-order chi connectivity index (χ1) is 11.3. The molecule has 1 aromatic rings. The maximum atomic E-state index is 12.2. The molecule has 0 saturated carbocycles. The number of carboxylic acids is 1. The first-order valence-corrected chi connectivity index (χ1v) is 8.63. The van der Waals surface area contributed by atoms with E-state index in [1.807, 2.05) is 4.90 Å². The van der Waals surface area contributed by atoms with Crippen LogP contribution in [0.3, 0.4) is 0 Å². The van der Waals surface area contributed by atoms with Crippen LogP contribution in [-0.4, -0.2) is 48.1 Å². The minimum absolute atomic E-state index is 0.0602. The number of anilines is 1. The van der Waals surface area contributed by atoms with Gasteiger partial charge in [0.15, 0.2) is 0 Å². The monoisotopic (exact) mass is 332 g/mol. The molecule has 1 heterocycles. The van der Waals surface area contributed by atoms with Crippen LogP contribution in [-0.2, 0) is 15.0 Å². The molecule has 24 heavy (non-hydrogen) atoms. The number of para-hydroxylation sites is 1. The van der Waals surface area contributed by atoms with Gasteiger partial charge < -0.3 is 14.9 Å². The molecular formula is C19H28N2O3. The number of hydrogen-bond donors (Lipinski definition) is 1. The third-order valence-electron chi connectivity index (χ3n) is 4.47. The Hall–Kier alpha value is -2.04. The Labute approximate surface area is 144 Å². The standard InChI is InChI=1S/C19H28N2O3/c1-19(2,3)15-7-4-5-8-16(15)20-11-13-21(14-12-20)17(22)9-6-10-18(23)24/h4-5,7-8H,6,9-14H2,1-3H3,(H,23,24). The number of carbonyl (C=O) groups excluding carboxylic acids is 1. The van der Waals surface area contributed by atoms with Gasteiger partial charge in [-0.15, -0.1) is 0 Å². The van der Waals surface area contributed by atoms with E-state index < -0.39 is 5.97 Å². The van der Waals surface area contributed by atoms with Crippen LogP contribution < -0.4 is 4.90 Å². The molecule has 0 radical (unpaired) electrons. The van der Waals surface area contributed by atoms with Crippen LogP contribution in [0.25, 0.3) is 0 Å². The number of piperazine rings is 1. The lowest BCUT2D eigenvalue weighted by molar-refractivity contribution is -0.137. The average molecular weight is 332 g/mol. The van der Waals surface area contributed by atoms with E-state index in [1.165, 1.54) is 11.3 Å². The van der Waals surface area contributed by atoms with E-state index in [0.717, 1.165) is 13.1 Å². The third-order valence-corrected chi connectivity index (χ3v) is 4.47. The van der Waals surface area contributed by atoms with Crippen molar-refractivity contribution >= 4 is 17.6 Å². The van der Waals surface area contributed by atoms with Crippen molar-refractivity contribution in [3.8, 4) is 0 Å². The molecule has 0 spiro atoms. The van der Waals surface area contributed by atoms with Crippen LogP contribution in [0.4, 0.5) is 5.69 Å². The van der Waals surface area contributed by atoms with Crippen molar-refractivity contribution in [1.82, 2.24) is 4.90 Å². The summed E-state index contributed by atoms with van der Waals surface area (Å²) in [4.78, 5) is 26.9. The van der Waals surface area contributed by atoms with Crippen molar-refractivity contribution in [2.75, 3.05) is 31.1 Å². The van der Waals surface area contributed by atoms with Crippen LogP contribution >= 0.6 is 0 Å². The van der Waals surface area contributed by atoms with Gasteiger partial charge in [0.25, 0.3) is 0 Å². The summed E-state index contributed by atoms with van der Waals surface area (Å²) in [5, 5.41) is 8.66. The van der Waals surface area contributed by atoms with E-state index in [1.54, 1.807) is 0 Å². The topological polar surface area (TPSA) is 60.9 Å². The van der Waals surface area contributed by atoms with Gasteiger partial charge in [0.1, 0.15) is 0 Å². The van der Waals surface area contributed by atoms with E-state index in [2.05, 4.69) is 49.9 Å². The van der Waals surface area contributed by atoms with Gasteiger partial charge >= 0.3 is 5.97 Å². The third kappa shape index (κ3) is 4.73. The van der Waals surface area contributed by atoms with Gasteiger partial charge in [-0.25, -0.2) is 0 Å². The number of aliphatic carboxylic acids is 1. The normalized spacial score (nSPS) is 15.5. The van der Waals surface area contributed by atoms with Crippen LogP contribution in [0.2, 0.25) is 0 Å². The molecule has 1 aliphatic rings. The van der Waals surface area contributed by atoms with Gasteiger partial charge in [-0.05, 0) is 23.5 Å². The van der Waals surface area contributed by atoms with Crippen LogP contribution in [0.5, 0.6) is 0 Å². The van der Waals surface area contributed by atoms with Gasteiger partial charge in [0.05, 0.1) is 0 Å². The second-order valence-electron chi connectivity index (χ2n) is 7.38. The molecule has 0 aromatic heterocycles. The molecule has 0 atom stereocenters. The summed E-state index contributed by atoms with van der Waals surface area (Å²) in [6.45, 7) is 9.68. The van der Waals surface area contributed by atoms with Gasteiger partial charge in [0.2, 0.25) is 5.91 Å². The van der Waals surface area contributed by atoms with Crippen molar-refractivity contribution in [1.29, 1.82) is 0 Å². The van der Waals surface area contributed by atoms with E-state index >= 15 is 0 Å². The highest BCUT2D eigenvalue weighted by Crippen LogP contribution is 2.32. The number of hydrogen-bond acceptors (Lipinski definition) is 3. The Morgan fingerprint density at radius 2 is 1.67 bits per heavy atom. The maximum absolute atomic E-state index is 12.2. The summed E-state index contributed by atoms with van der Waals surface area (Å²) in [5.74, 6) is -0.772. The molecule has 1 amide bonds. The number of benzene rings is 1. The number of carboxylic acid groups (broad SMARTS) is 1. The second kappa shape index (κ2) is 7.69. The molecule has 1 fully saturated rings. The van der Waals surface area contributed by atoms with E-state index in [-0.39, 0.29) is 17.7 Å². The molecule has 1 aliphatic heterocycles. The van der Waals surface area contributed by atoms with Crippen molar-refractivity contribution < 1.29 is 14.7 Å². The molecular weight excluding hydrogens is 304 g/mol. The van der Waals surface area contributed by atoms with Crippen LogP contribution in [0.1, 0.15) is 45.6 Å². The van der Waals surface area contributed by atoms with Gasteiger partial charge in [0, 0.05) is 44.7 Å². The Bertz CT molecular complexity index is 585. The van der Waals surface area contributed by atoms with Gasteiger partial charge in [-0.3, -0.25) is 9.59 Å². The molecule has 0 unspecified atom stereocenters. The Balaban J connectivity index is 1.94. The molecule has 132 valence electrons. The fourth-order valence-electron chi connectivity index (χ4n) is 3.13. The number of rotatable bonds is 5. The summed E-state index contributed by atoms with van der Waals surface area (Å²) in [6.07, 6.45) is 0.802. The van der Waals surface area contributed by atoms with E-state index in [4.69, 9.17) is 5.11 Å². The van der Waals surface area contributed by atoms with Crippen LogP contribution in [0, 0.1) is 0 Å². The zero-order valence-corrected chi connectivity index (χ0v) is 14.9. The van der Waals surface area contributed by atoms with E-state index in [9.17, 15) is 9.59 Å². The van der Waals surface area contributed by atoms with Gasteiger partial charge in [-0.2, -0.15) is 0 Å². The lowest BCUT2D eigenvalue weighted by Gasteiger charge is -2.38. The lowest BCUT2D eigenvalue weighted by atomic mass is 9.85. The molecule has 2 rings (SSSR count). The summed E-state index contributed by atoms with van der Waals surface area (Å²) in [7, 11) is 0. The Morgan fingerprint density at radius 1 is 1.04 bits per heavy atom. The first kappa shape index (κ1) is 18.3. The summed E-state index contributed by atoms with van der Waals surface area (Å²) in [5.41, 5.74) is 2.66. The molecule has 5 nitrogen and oxygen atoms in total. The van der Waals surface area contributed by atoms with Gasteiger partial charge in [-0.1, -0.05) is 39.0 Å². The minimum atomic E-state index is -0.841. The average Bonchev–Trinajstić information content (AvgIpc) is 2.54. The van der Waals surface area contributed by atoms with Crippen molar-refractivity contribution in [3.05, 3.63) is 29.8 Å². The quantitative estimate of drug-likeness (QED) is 0.901. The summed E-state index contributed by atoms with van der Waals surface area (Å²) >= 11 is 0. The van der Waals surface area contributed by atoms with Crippen molar-refractivity contribution in [2.24, 2.45) is 0 Å². The molecule has 5 heteroatoms. The summed E-state index contributed by atoms with van der Waals surface area (Å²) in [6, 6.07) is 8.48. The minimum Gasteiger partial charge on any atom is -0.481 e. The highest BCUT2D eigenvalue weighted by atomic mass is 16.4. The molecule has 1 aromatic carbocycles. The Kier molecular flexibility index (Phi) is 5.86. The second-order valence-corrected chi connectivity index (χ2v) is 7.38. The predicted octanol–water partition coefficient (Wildman–Crippen LogP) is 2.89. The number of amides is 1. The highest BCUT2D eigenvalue weighted by molar-refractivity contribution is 5.77. The van der Waals surface area contributed by atoms with Crippen molar-refractivity contribution in [2.45, 2.75) is 45.4 Å². The lowest BCUT2D eigenvalue weighted by Crippen LogP contribution is -2.49. The zero-order chi connectivity index (χ0) is 17.7. The fourth-order valence-corrected chi connectivity index (χ4v) is 3.13. The number of nitrogens with zero attached hydrogens (tertiary/aromatic N) is 2. The Morgan fingerprint density at radius 3 is 2.25 bits per heavy atom.